The lowest BCUT2D eigenvalue weighted by Gasteiger charge is -2.07. The van der Waals surface area contributed by atoms with Crippen LogP contribution in [-0.2, 0) is 6.42 Å². The van der Waals surface area contributed by atoms with Gasteiger partial charge in [0.05, 0.1) is 17.6 Å². The number of rotatable bonds is 4. The van der Waals surface area contributed by atoms with Gasteiger partial charge in [-0.05, 0) is 17.7 Å². The number of fused-ring (bicyclic) bond motifs is 1. The lowest BCUT2D eigenvalue weighted by molar-refractivity contribution is 1.10. The van der Waals surface area contributed by atoms with Gasteiger partial charge in [-0.25, -0.2) is 15.0 Å². The fourth-order valence-electron chi connectivity index (χ4n) is 2.95. The molecule has 5 nitrogen and oxygen atoms in total. The molecule has 3 aromatic heterocycles. The summed E-state index contributed by atoms with van der Waals surface area (Å²) in [5, 5.41) is 0. The van der Waals surface area contributed by atoms with Crippen molar-refractivity contribution in [3.63, 3.8) is 0 Å². The molecule has 122 valence electrons. The molecular formula is C20H17N5. The lowest BCUT2D eigenvalue weighted by Crippen LogP contribution is -1.94. The normalized spacial score (nSPS) is 10.9. The van der Waals surface area contributed by atoms with Crippen LogP contribution in [0.25, 0.3) is 33.5 Å². The highest BCUT2D eigenvalue weighted by molar-refractivity contribution is 6.01. The molecule has 5 heteroatoms. The van der Waals surface area contributed by atoms with E-state index in [0.717, 1.165) is 39.2 Å². The second-order valence-corrected chi connectivity index (χ2v) is 5.73. The molecule has 25 heavy (non-hydrogen) atoms. The maximum Gasteiger partial charge on any atom is 0.157 e. The molecule has 3 heterocycles. The van der Waals surface area contributed by atoms with Crippen LogP contribution in [0.4, 0.5) is 5.82 Å². The maximum absolute atomic E-state index is 6.11. The highest BCUT2D eigenvalue weighted by atomic mass is 14.9. The van der Waals surface area contributed by atoms with Crippen molar-refractivity contribution >= 4 is 17.0 Å². The third-order valence-electron chi connectivity index (χ3n) is 4.08. The molecule has 3 N–H and O–H groups in total. The van der Waals surface area contributed by atoms with Gasteiger partial charge >= 0.3 is 0 Å². The number of benzene rings is 1. The minimum absolute atomic E-state index is 0.470. The number of anilines is 1. The van der Waals surface area contributed by atoms with Crippen molar-refractivity contribution in [2.45, 2.75) is 6.42 Å². The van der Waals surface area contributed by atoms with E-state index < -0.39 is 0 Å². The fourth-order valence-corrected chi connectivity index (χ4v) is 2.95. The first-order chi connectivity index (χ1) is 12.3. The zero-order chi connectivity index (χ0) is 17.2. The second-order valence-electron chi connectivity index (χ2n) is 5.73. The minimum atomic E-state index is 0.470. The van der Waals surface area contributed by atoms with Crippen LogP contribution in [0.2, 0.25) is 0 Å². The third-order valence-corrected chi connectivity index (χ3v) is 4.08. The average Bonchev–Trinajstić information content (AvgIpc) is 3.01. The topological polar surface area (TPSA) is 80.5 Å². The Labute approximate surface area is 145 Å². The van der Waals surface area contributed by atoms with Crippen molar-refractivity contribution in [1.82, 2.24) is 19.9 Å². The molecule has 0 atom stereocenters. The number of nitrogens with one attached hydrogen (secondary N) is 1. The Morgan fingerprint density at radius 3 is 2.68 bits per heavy atom. The Kier molecular flexibility index (Phi) is 3.74. The molecule has 0 aliphatic rings. The summed E-state index contributed by atoms with van der Waals surface area (Å²) in [4.78, 5) is 16.9. The first-order valence-electron chi connectivity index (χ1n) is 8.02. The quantitative estimate of drug-likeness (QED) is 0.555. The largest absolute Gasteiger partial charge is 0.383 e. The molecule has 0 spiro atoms. The predicted octanol–water partition coefficient (Wildman–Crippen LogP) is 4.00. The summed E-state index contributed by atoms with van der Waals surface area (Å²) < 4.78 is 0. The first kappa shape index (κ1) is 15.1. The summed E-state index contributed by atoms with van der Waals surface area (Å²) in [6, 6.07) is 13.9. The first-order valence-corrected chi connectivity index (χ1v) is 8.02. The van der Waals surface area contributed by atoms with E-state index in [1.54, 1.807) is 12.4 Å². The van der Waals surface area contributed by atoms with Crippen LogP contribution >= 0.6 is 0 Å². The molecule has 4 rings (SSSR count). The van der Waals surface area contributed by atoms with Crippen LogP contribution in [0.1, 0.15) is 5.69 Å². The van der Waals surface area contributed by atoms with Crippen molar-refractivity contribution in [3.05, 3.63) is 73.2 Å². The Bertz CT molecular complexity index is 1050. The van der Waals surface area contributed by atoms with Crippen LogP contribution in [-0.4, -0.2) is 19.9 Å². The highest BCUT2D eigenvalue weighted by Crippen LogP contribution is 2.38. The Hall–Kier alpha value is -3.47. The minimum Gasteiger partial charge on any atom is -0.383 e. The van der Waals surface area contributed by atoms with E-state index in [2.05, 4.69) is 33.7 Å². The molecule has 0 fully saturated rings. The van der Waals surface area contributed by atoms with E-state index in [-0.39, 0.29) is 0 Å². The van der Waals surface area contributed by atoms with Crippen molar-refractivity contribution in [3.8, 4) is 22.4 Å². The predicted molar refractivity (Wildman–Crippen MR) is 101 cm³/mol. The second kappa shape index (κ2) is 6.20. The van der Waals surface area contributed by atoms with Gasteiger partial charge in [-0.3, -0.25) is 0 Å². The van der Waals surface area contributed by atoms with Crippen molar-refractivity contribution in [2.24, 2.45) is 0 Å². The van der Waals surface area contributed by atoms with Crippen molar-refractivity contribution < 1.29 is 0 Å². The molecule has 0 amide bonds. The Balaban J connectivity index is 2.05. The number of hydrogen-bond donors (Lipinski definition) is 2. The van der Waals surface area contributed by atoms with E-state index in [0.29, 0.717) is 12.2 Å². The summed E-state index contributed by atoms with van der Waals surface area (Å²) in [6.07, 6.45) is 5.95. The SMILES string of the molecule is C=CCc1cnc2[nH]c(-c3cccnc3N)c(-c3ccccc3)c2n1. The van der Waals surface area contributed by atoms with Gasteiger partial charge in [-0.15, -0.1) is 6.58 Å². The zero-order valence-electron chi connectivity index (χ0n) is 13.6. The van der Waals surface area contributed by atoms with Crippen molar-refractivity contribution in [1.29, 1.82) is 0 Å². The van der Waals surface area contributed by atoms with Crippen LogP contribution in [0.5, 0.6) is 0 Å². The molecule has 1 aromatic carbocycles. The summed E-state index contributed by atoms with van der Waals surface area (Å²) in [6.45, 7) is 3.78. The molecule has 0 bridgehead atoms. The number of nitrogens with two attached hydrogens (primary N) is 1. The number of aromatic amines is 1. The van der Waals surface area contributed by atoms with E-state index in [1.807, 2.05) is 36.4 Å². The number of aromatic nitrogens is 4. The zero-order valence-corrected chi connectivity index (χ0v) is 13.6. The molecular weight excluding hydrogens is 310 g/mol. The van der Waals surface area contributed by atoms with Crippen LogP contribution in [0.15, 0.2) is 67.5 Å². The molecule has 4 aromatic rings. The average molecular weight is 327 g/mol. The fraction of sp³-hybridized carbons (Fsp3) is 0.0500. The van der Waals surface area contributed by atoms with Crippen LogP contribution in [0.3, 0.4) is 0 Å². The van der Waals surface area contributed by atoms with E-state index in [4.69, 9.17) is 10.7 Å². The van der Waals surface area contributed by atoms with Crippen molar-refractivity contribution in [2.75, 3.05) is 5.73 Å². The monoisotopic (exact) mass is 327 g/mol. The summed E-state index contributed by atoms with van der Waals surface area (Å²) in [5.74, 6) is 0.470. The standard InChI is InChI=1S/C20H17N5/c1-2-7-14-12-23-20-18(24-14)16(13-8-4-3-5-9-13)17(25-20)15-10-6-11-22-19(15)21/h2-6,8-12H,1,7H2,(H2,21,22)(H,23,25). The summed E-state index contributed by atoms with van der Waals surface area (Å²) >= 11 is 0. The molecule has 0 aliphatic heterocycles. The number of hydrogen-bond acceptors (Lipinski definition) is 4. The van der Waals surface area contributed by atoms with Crippen LogP contribution < -0.4 is 5.73 Å². The van der Waals surface area contributed by atoms with E-state index >= 15 is 0 Å². The molecule has 0 unspecified atom stereocenters. The van der Waals surface area contributed by atoms with Gasteiger partial charge in [-0.2, -0.15) is 0 Å². The smallest absolute Gasteiger partial charge is 0.157 e. The molecule has 0 saturated heterocycles. The number of nitrogens with zero attached hydrogens (tertiary/aromatic N) is 3. The van der Waals surface area contributed by atoms with Gasteiger partial charge in [0.25, 0.3) is 0 Å². The third kappa shape index (κ3) is 2.65. The van der Waals surface area contributed by atoms with Gasteiger partial charge in [0.2, 0.25) is 0 Å². The molecule has 0 radical (unpaired) electrons. The summed E-state index contributed by atoms with van der Waals surface area (Å²) in [7, 11) is 0. The number of nitrogen functional groups attached to an aromatic ring is 1. The highest BCUT2D eigenvalue weighted by Gasteiger charge is 2.19. The number of H-pyrrole nitrogens is 1. The van der Waals surface area contributed by atoms with E-state index in [9.17, 15) is 0 Å². The van der Waals surface area contributed by atoms with E-state index in [1.165, 1.54) is 0 Å². The lowest BCUT2D eigenvalue weighted by atomic mass is 10.0. The van der Waals surface area contributed by atoms with Gasteiger partial charge in [-0.1, -0.05) is 36.4 Å². The molecule has 0 aliphatic carbocycles. The van der Waals surface area contributed by atoms with Gasteiger partial charge < -0.3 is 10.7 Å². The van der Waals surface area contributed by atoms with Gasteiger partial charge in [0.15, 0.2) is 5.65 Å². The number of allylic oxidation sites excluding steroid dienone is 1. The summed E-state index contributed by atoms with van der Waals surface area (Å²) in [5.41, 5.74) is 12.3. The number of pyridine rings is 1. The maximum atomic E-state index is 6.11. The van der Waals surface area contributed by atoms with Crippen LogP contribution in [0, 0.1) is 0 Å². The van der Waals surface area contributed by atoms with Gasteiger partial charge in [0, 0.05) is 23.7 Å². The van der Waals surface area contributed by atoms with Gasteiger partial charge in [0.1, 0.15) is 11.3 Å². The molecule has 0 saturated carbocycles. The Morgan fingerprint density at radius 1 is 1.08 bits per heavy atom. The Morgan fingerprint density at radius 2 is 1.92 bits per heavy atom.